The van der Waals surface area contributed by atoms with Gasteiger partial charge in [0.05, 0.1) is 30.4 Å². The number of aromatic nitrogens is 6. The van der Waals surface area contributed by atoms with Crippen LogP contribution in [-0.2, 0) is 13.6 Å². The summed E-state index contributed by atoms with van der Waals surface area (Å²) >= 11 is 0. The molecule has 5 aromatic rings. The van der Waals surface area contributed by atoms with Crippen molar-refractivity contribution in [1.29, 1.82) is 0 Å². The van der Waals surface area contributed by atoms with E-state index in [1.165, 1.54) is 44.6 Å². The van der Waals surface area contributed by atoms with E-state index in [0.717, 1.165) is 58.7 Å². The third kappa shape index (κ3) is 6.14. The topological polar surface area (TPSA) is 88.6 Å². The standard InChI is InChI=1S/C32H37N9O/c1-38-22-26(20-37-38)25-5-3-24(4-6-25)19-33-31-18-29(35-23-36-31)30-21-34-32-17-28(9-11-41(30)32)42-16-2-10-39-12-14-40(15-13-39)27-7-8-27/h3-6,9,11,17-18,20-23,27H,2,7-8,10,12-16,19H2,1H3,(H,33,35,36). The molecule has 10 nitrogen and oxygen atoms in total. The number of nitrogens with one attached hydrogen (secondary N) is 1. The van der Waals surface area contributed by atoms with E-state index >= 15 is 0 Å². The molecule has 7 rings (SSSR count). The van der Waals surface area contributed by atoms with Gasteiger partial charge in [-0.1, -0.05) is 24.3 Å². The van der Waals surface area contributed by atoms with Crippen LogP contribution >= 0.6 is 0 Å². The van der Waals surface area contributed by atoms with E-state index in [1.807, 2.05) is 59.1 Å². The molecule has 0 bridgehead atoms. The third-order valence-corrected chi connectivity index (χ3v) is 8.24. The monoisotopic (exact) mass is 563 g/mol. The molecule has 1 aliphatic heterocycles. The molecule has 10 heteroatoms. The van der Waals surface area contributed by atoms with Gasteiger partial charge in [0.15, 0.2) is 0 Å². The summed E-state index contributed by atoms with van der Waals surface area (Å²) in [6, 6.07) is 15.3. The number of imidazole rings is 1. The number of rotatable bonds is 11. The number of fused-ring (bicyclic) bond motifs is 1. The van der Waals surface area contributed by atoms with E-state index in [4.69, 9.17) is 4.74 Å². The second kappa shape index (κ2) is 11.9. The van der Waals surface area contributed by atoms with Gasteiger partial charge in [0.25, 0.3) is 0 Å². The first-order chi connectivity index (χ1) is 20.7. The van der Waals surface area contributed by atoms with Crippen molar-refractivity contribution in [2.75, 3.05) is 44.6 Å². The van der Waals surface area contributed by atoms with Crippen molar-refractivity contribution in [3.63, 3.8) is 0 Å². The van der Waals surface area contributed by atoms with Gasteiger partial charge in [0.1, 0.15) is 23.5 Å². The van der Waals surface area contributed by atoms with Gasteiger partial charge in [0.2, 0.25) is 0 Å². The van der Waals surface area contributed by atoms with Crippen molar-refractivity contribution in [2.45, 2.75) is 31.8 Å². The Morgan fingerprint density at radius 3 is 2.57 bits per heavy atom. The average molecular weight is 564 g/mol. The van der Waals surface area contributed by atoms with Gasteiger partial charge in [-0.25, -0.2) is 15.0 Å². The van der Waals surface area contributed by atoms with Crippen molar-refractivity contribution < 1.29 is 4.74 Å². The van der Waals surface area contributed by atoms with Gasteiger partial charge in [-0.15, -0.1) is 0 Å². The second-order valence-electron chi connectivity index (χ2n) is 11.3. The van der Waals surface area contributed by atoms with Crippen molar-refractivity contribution >= 4 is 11.5 Å². The van der Waals surface area contributed by atoms with E-state index in [0.29, 0.717) is 13.2 Å². The molecule has 2 aliphatic rings. The van der Waals surface area contributed by atoms with Gasteiger partial charge in [0, 0.05) is 82.4 Å². The number of hydrogen-bond acceptors (Lipinski definition) is 8. The lowest BCUT2D eigenvalue weighted by Gasteiger charge is -2.34. The number of nitrogens with zero attached hydrogens (tertiary/aromatic N) is 8. The maximum Gasteiger partial charge on any atom is 0.140 e. The summed E-state index contributed by atoms with van der Waals surface area (Å²) in [6.07, 6.45) is 13.2. The number of aryl methyl sites for hydroxylation is 1. The van der Waals surface area contributed by atoms with E-state index < -0.39 is 0 Å². The van der Waals surface area contributed by atoms with Crippen LogP contribution < -0.4 is 10.1 Å². The van der Waals surface area contributed by atoms with Crippen LogP contribution in [0.4, 0.5) is 5.82 Å². The zero-order chi connectivity index (χ0) is 28.3. The molecule has 1 aromatic carbocycles. The fourth-order valence-electron chi connectivity index (χ4n) is 5.68. The minimum Gasteiger partial charge on any atom is -0.493 e. The molecule has 2 fully saturated rings. The van der Waals surface area contributed by atoms with Crippen LogP contribution in [0.2, 0.25) is 0 Å². The SMILES string of the molecule is Cn1cc(-c2ccc(CNc3cc(-c4cnc5cc(OCCCN6CCN(C7CC7)CC6)ccn45)ncn3)cc2)cn1. The highest BCUT2D eigenvalue weighted by atomic mass is 16.5. The van der Waals surface area contributed by atoms with Crippen LogP contribution in [0, 0.1) is 0 Å². The lowest BCUT2D eigenvalue weighted by atomic mass is 10.1. The maximum atomic E-state index is 6.09. The minimum absolute atomic E-state index is 0.661. The summed E-state index contributed by atoms with van der Waals surface area (Å²) in [5, 5.41) is 7.68. The highest BCUT2D eigenvalue weighted by Crippen LogP contribution is 2.27. The average Bonchev–Trinajstić information content (AvgIpc) is 3.65. The molecule has 0 radical (unpaired) electrons. The van der Waals surface area contributed by atoms with E-state index in [9.17, 15) is 0 Å². The van der Waals surface area contributed by atoms with Crippen LogP contribution in [0.5, 0.6) is 5.75 Å². The Morgan fingerprint density at radius 2 is 1.79 bits per heavy atom. The number of benzene rings is 1. The van der Waals surface area contributed by atoms with Crippen molar-refractivity contribution in [2.24, 2.45) is 7.05 Å². The molecule has 1 saturated heterocycles. The smallest absolute Gasteiger partial charge is 0.140 e. The summed E-state index contributed by atoms with van der Waals surface area (Å²) < 4.78 is 9.94. The lowest BCUT2D eigenvalue weighted by Crippen LogP contribution is -2.47. The highest BCUT2D eigenvalue weighted by molar-refractivity contribution is 5.64. The summed E-state index contributed by atoms with van der Waals surface area (Å²) in [5.74, 6) is 1.61. The molecular formula is C32H37N9O. The van der Waals surface area contributed by atoms with Gasteiger partial charge >= 0.3 is 0 Å². The largest absolute Gasteiger partial charge is 0.493 e. The Bertz CT molecular complexity index is 1630. The van der Waals surface area contributed by atoms with E-state index in [1.54, 1.807) is 6.33 Å². The molecule has 1 N–H and O–H groups in total. The number of anilines is 1. The Kier molecular flexibility index (Phi) is 7.55. The molecule has 5 heterocycles. The van der Waals surface area contributed by atoms with Crippen LogP contribution in [0.1, 0.15) is 24.8 Å². The molecule has 0 unspecified atom stereocenters. The summed E-state index contributed by atoms with van der Waals surface area (Å²) in [7, 11) is 1.93. The molecular weight excluding hydrogens is 526 g/mol. The van der Waals surface area contributed by atoms with Gasteiger partial charge in [-0.05, 0) is 36.5 Å². The lowest BCUT2D eigenvalue weighted by molar-refractivity contribution is 0.121. The van der Waals surface area contributed by atoms with Crippen molar-refractivity contribution in [3.05, 3.63) is 79.1 Å². The molecule has 1 aliphatic carbocycles. The Balaban J connectivity index is 0.925. The Labute approximate surface area is 246 Å². The van der Waals surface area contributed by atoms with Crippen molar-refractivity contribution in [3.8, 4) is 28.3 Å². The number of ether oxygens (including phenoxy) is 1. The second-order valence-corrected chi connectivity index (χ2v) is 11.3. The summed E-state index contributed by atoms with van der Waals surface area (Å²) in [4.78, 5) is 18.8. The van der Waals surface area contributed by atoms with Crippen LogP contribution in [0.25, 0.3) is 28.2 Å². The van der Waals surface area contributed by atoms with Crippen LogP contribution in [-0.4, -0.2) is 84.3 Å². The Hall–Kier alpha value is -4.28. The zero-order valence-electron chi connectivity index (χ0n) is 24.1. The predicted octanol–water partition coefficient (Wildman–Crippen LogP) is 4.35. The number of pyridine rings is 1. The first-order valence-electron chi connectivity index (χ1n) is 14.9. The van der Waals surface area contributed by atoms with E-state index in [-0.39, 0.29) is 0 Å². The van der Waals surface area contributed by atoms with Gasteiger partial charge < -0.3 is 15.0 Å². The third-order valence-electron chi connectivity index (χ3n) is 8.24. The molecule has 42 heavy (non-hydrogen) atoms. The van der Waals surface area contributed by atoms with Crippen LogP contribution in [0.15, 0.2) is 73.6 Å². The van der Waals surface area contributed by atoms with Gasteiger partial charge in [-0.3, -0.25) is 14.0 Å². The summed E-state index contributed by atoms with van der Waals surface area (Å²) in [6.45, 7) is 7.26. The number of piperazine rings is 1. The molecule has 0 amide bonds. The fourth-order valence-corrected chi connectivity index (χ4v) is 5.68. The molecule has 0 atom stereocenters. The first kappa shape index (κ1) is 26.6. The minimum atomic E-state index is 0.661. The fraction of sp³-hybridized carbons (Fsp3) is 0.375. The molecule has 4 aromatic heterocycles. The summed E-state index contributed by atoms with van der Waals surface area (Å²) in [5.41, 5.74) is 5.98. The quantitative estimate of drug-likeness (QED) is 0.237. The Morgan fingerprint density at radius 1 is 0.929 bits per heavy atom. The van der Waals surface area contributed by atoms with E-state index in [2.05, 4.69) is 59.4 Å². The van der Waals surface area contributed by atoms with Gasteiger partial charge in [-0.2, -0.15) is 5.10 Å². The normalized spacial score (nSPS) is 16.2. The molecule has 0 spiro atoms. The molecule has 216 valence electrons. The zero-order valence-corrected chi connectivity index (χ0v) is 24.1. The maximum absolute atomic E-state index is 6.09. The highest BCUT2D eigenvalue weighted by Gasteiger charge is 2.30. The molecule has 1 saturated carbocycles. The van der Waals surface area contributed by atoms with Crippen LogP contribution in [0.3, 0.4) is 0 Å². The predicted molar refractivity (Wildman–Crippen MR) is 163 cm³/mol. The van der Waals surface area contributed by atoms with Crippen molar-refractivity contribution in [1.82, 2.24) is 38.9 Å². The first-order valence-corrected chi connectivity index (χ1v) is 14.9. The number of hydrogen-bond donors (Lipinski definition) is 1.